The lowest BCUT2D eigenvalue weighted by Gasteiger charge is -2.11. The van der Waals surface area contributed by atoms with Crippen LogP contribution in [0.25, 0.3) is 0 Å². The molecule has 1 heterocycles. The molecular formula is C12H8ClFN2O4S. The number of sulfonamides is 1. The van der Waals surface area contributed by atoms with Gasteiger partial charge >= 0.3 is 5.97 Å². The van der Waals surface area contributed by atoms with Gasteiger partial charge in [0.1, 0.15) is 10.7 Å². The van der Waals surface area contributed by atoms with Gasteiger partial charge in [0.05, 0.1) is 22.5 Å². The normalized spacial score (nSPS) is 11.1. The maximum absolute atomic E-state index is 13.2. The minimum atomic E-state index is -4.25. The van der Waals surface area contributed by atoms with Crippen molar-refractivity contribution in [3.63, 3.8) is 0 Å². The highest BCUT2D eigenvalue weighted by Gasteiger charge is 2.21. The summed E-state index contributed by atoms with van der Waals surface area (Å²) in [6.45, 7) is 0. The third kappa shape index (κ3) is 3.29. The fraction of sp³-hybridized carbons (Fsp3) is 0. The molecule has 2 N–H and O–H groups in total. The van der Waals surface area contributed by atoms with Crippen molar-refractivity contribution in [1.29, 1.82) is 0 Å². The second-order valence-electron chi connectivity index (χ2n) is 3.91. The number of nitrogens with zero attached hydrogens (tertiary/aromatic N) is 1. The van der Waals surface area contributed by atoms with Gasteiger partial charge in [-0.15, -0.1) is 0 Å². The van der Waals surface area contributed by atoms with Gasteiger partial charge in [0, 0.05) is 6.20 Å². The van der Waals surface area contributed by atoms with Crippen LogP contribution in [0.15, 0.2) is 41.6 Å². The topological polar surface area (TPSA) is 96.4 Å². The summed E-state index contributed by atoms with van der Waals surface area (Å²) in [5.74, 6) is -2.12. The van der Waals surface area contributed by atoms with E-state index in [0.717, 1.165) is 30.5 Å². The zero-order valence-electron chi connectivity index (χ0n) is 10.2. The van der Waals surface area contributed by atoms with Crippen LogP contribution >= 0.6 is 11.6 Å². The molecule has 0 unspecified atom stereocenters. The number of rotatable bonds is 4. The molecule has 110 valence electrons. The van der Waals surface area contributed by atoms with Crippen LogP contribution in [-0.4, -0.2) is 24.5 Å². The van der Waals surface area contributed by atoms with Gasteiger partial charge in [-0.3, -0.25) is 9.71 Å². The average Bonchev–Trinajstić information content (AvgIpc) is 2.41. The van der Waals surface area contributed by atoms with Crippen LogP contribution in [0, 0.1) is 5.82 Å². The summed E-state index contributed by atoms with van der Waals surface area (Å²) >= 11 is 5.73. The van der Waals surface area contributed by atoms with Crippen molar-refractivity contribution in [3.8, 4) is 0 Å². The van der Waals surface area contributed by atoms with Gasteiger partial charge in [0.15, 0.2) is 0 Å². The molecule has 0 aliphatic rings. The SMILES string of the molecule is O=C(O)c1ccncc1NS(=O)(=O)c1cc(F)ccc1Cl. The predicted octanol–water partition coefficient (Wildman–Crippen LogP) is 2.37. The Morgan fingerprint density at radius 3 is 2.71 bits per heavy atom. The molecule has 21 heavy (non-hydrogen) atoms. The van der Waals surface area contributed by atoms with Crippen molar-refractivity contribution in [3.05, 3.63) is 53.1 Å². The van der Waals surface area contributed by atoms with E-state index in [1.165, 1.54) is 6.20 Å². The van der Waals surface area contributed by atoms with Gasteiger partial charge in [0.25, 0.3) is 10.0 Å². The van der Waals surface area contributed by atoms with Crippen molar-refractivity contribution in [1.82, 2.24) is 4.98 Å². The van der Waals surface area contributed by atoms with Crippen LogP contribution in [0.5, 0.6) is 0 Å². The van der Waals surface area contributed by atoms with Crippen LogP contribution in [0.1, 0.15) is 10.4 Å². The molecule has 9 heteroatoms. The zero-order valence-corrected chi connectivity index (χ0v) is 11.8. The monoisotopic (exact) mass is 330 g/mol. The summed E-state index contributed by atoms with van der Waals surface area (Å²) < 4.78 is 39.5. The Kier molecular flexibility index (Phi) is 4.10. The summed E-state index contributed by atoms with van der Waals surface area (Å²) in [5.41, 5.74) is -0.536. The van der Waals surface area contributed by atoms with E-state index in [4.69, 9.17) is 16.7 Å². The van der Waals surface area contributed by atoms with Gasteiger partial charge in [-0.2, -0.15) is 0 Å². The second kappa shape index (κ2) is 5.66. The number of hydrogen-bond acceptors (Lipinski definition) is 4. The Labute approximate surface area is 124 Å². The summed E-state index contributed by atoms with van der Waals surface area (Å²) in [6, 6.07) is 3.97. The summed E-state index contributed by atoms with van der Waals surface area (Å²) in [4.78, 5) is 14.2. The lowest BCUT2D eigenvalue weighted by molar-refractivity contribution is 0.0698. The van der Waals surface area contributed by atoms with Crippen LogP contribution < -0.4 is 4.72 Å². The highest BCUT2D eigenvalue weighted by molar-refractivity contribution is 7.92. The number of benzene rings is 1. The third-order valence-electron chi connectivity index (χ3n) is 2.48. The van der Waals surface area contributed by atoms with E-state index in [0.29, 0.717) is 0 Å². The van der Waals surface area contributed by atoms with E-state index in [-0.39, 0.29) is 16.3 Å². The summed E-state index contributed by atoms with van der Waals surface area (Å²) in [5, 5.41) is 8.79. The van der Waals surface area contributed by atoms with Crippen molar-refractivity contribution in [2.45, 2.75) is 4.90 Å². The Morgan fingerprint density at radius 2 is 2.05 bits per heavy atom. The van der Waals surface area contributed by atoms with Gasteiger partial charge in [-0.25, -0.2) is 17.6 Å². The Bertz CT molecular complexity index is 811. The van der Waals surface area contributed by atoms with E-state index in [1.807, 2.05) is 4.72 Å². The molecule has 0 radical (unpaired) electrons. The summed E-state index contributed by atoms with van der Waals surface area (Å²) in [6.07, 6.45) is 2.24. The number of hydrogen-bond donors (Lipinski definition) is 2. The minimum absolute atomic E-state index is 0.190. The molecule has 0 fully saturated rings. The number of aromatic nitrogens is 1. The number of carboxylic acids is 1. The number of aromatic carboxylic acids is 1. The molecule has 0 aliphatic heterocycles. The molecule has 0 bridgehead atoms. The van der Waals surface area contributed by atoms with Crippen molar-refractivity contribution >= 4 is 33.3 Å². The number of carbonyl (C=O) groups is 1. The molecule has 0 amide bonds. The van der Waals surface area contributed by atoms with Gasteiger partial charge in [-0.05, 0) is 24.3 Å². The highest BCUT2D eigenvalue weighted by Crippen LogP contribution is 2.25. The fourth-order valence-corrected chi connectivity index (χ4v) is 3.12. The molecule has 0 saturated carbocycles. The van der Waals surface area contributed by atoms with E-state index >= 15 is 0 Å². The fourth-order valence-electron chi connectivity index (χ4n) is 1.55. The predicted molar refractivity (Wildman–Crippen MR) is 73.4 cm³/mol. The first-order valence-electron chi connectivity index (χ1n) is 5.46. The smallest absolute Gasteiger partial charge is 0.337 e. The molecule has 1 aromatic heterocycles. The lowest BCUT2D eigenvalue weighted by Crippen LogP contribution is -2.16. The molecule has 0 atom stereocenters. The molecule has 2 rings (SSSR count). The second-order valence-corrected chi connectivity index (χ2v) is 5.96. The Balaban J connectivity index is 2.48. The van der Waals surface area contributed by atoms with Gasteiger partial charge < -0.3 is 5.11 Å². The Morgan fingerprint density at radius 1 is 1.33 bits per heavy atom. The number of anilines is 1. The molecule has 1 aromatic carbocycles. The molecule has 2 aromatic rings. The quantitative estimate of drug-likeness (QED) is 0.897. The first-order chi connectivity index (χ1) is 9.81. The number of halogens is 2. The van der Waals surface area contributed by atoms with Crippen LogP contribution in [0.4, 0.5) is 10.1 Å². The highest BCUT2D eigenvalue weighted by atomic mass is 35.5. The summed E-state index contributed by atoms with van der Waals surface area (Å²) in [7, 11) is -4.25. The van der Waals surface area contributed by atoms with Crippen molar-refractivity contribution in [2.75, 3.05) is 4.72 Å². The Hall–Kier alpha value is -2.19. The number of nitrogens with one attached hydrogen (secondary N) is 1. The molecular weight excluding hydrogens is 323 g/mol. The molecule has 0 saturated heterocycles. The maximum Gasteiger partial charge on any atom is 0.337 e. The standard InChI is InChI=1S/C12H8ClFN2O4S/c13-9-2-1-7(14)5-11(9)21(19,20)16-10-6-15-4-3-8(10)12(17)18/h1-6,16H,(H,17,18). The van der Waals surface area contributed by atoms with Gasteiger partial charge in [-0.1, -0.05) is 11.6 Å². The average molecular weight is 331 g/mol. The van der Waals surface area contributed by atoms with Crippen molar-refractivity contribution in [2.24, 2.45) is 0 Å². The number of pyridine rings is 1. The van der Waals surface area contributed by atoms with E-state index < -0.39 is 26.7 Å². The van der Waals surface area contributed by atoms with E-state index in [2.05, 4.69) is 4.98 Å². The lowest BCUT2D eigenvalue weighted by atomic mass is 10.2. The first kappa shape index (κ1) is 15.2. The van der Waals surface area contributed by atoms with Crippen LogP contribution in [0.2, 0.25) is 5.02 Å². The first-order valence-corrected chi connectivity index (χ1v) is 7.32. The zero-order chi connectivity index (χ0) is 15.6. The van der Waals surface area contributed by atoms with Crippen LogP contribution in [0.3, 0.4) is 0 Å². The van der Waals surface area contributed by atoms with E-state index in [1.54, 1.807) is 0 Å². The molecule has 0 spiro atoms. The minimum Gasteiger partial charge on any atom is -0.478 e. The number of carboxylic acid groups (broad SMARTS) is 1. The molecule has 6 nitrogen and oxygen atoms in total. The third-order valence-corrected chi connectivity index (χ3v) is 4.33. The molecule has 0 aliphatic carbocycles. The largest absolute Gasteiger partial charge is 0.478 e. The van der Waals surface area contributed by atoms with Crippen LogP contribution in [-0.2, 0) is 10.0 Å². The maximum atomic E-state index is 13.2. The van der Waals surface area contributed by atoms with Crippen molar-refractivity contribution < 1.29 is 22.7 Å². The van der Waals surface area contributed by atoms with E-state index in [9.17, 15) is 17.6 Å². The van der Waals surface area contributed by atoms with Gasteiger partial charge in [0.2, 0.25) is 0 Å².